The molecule has 7 heteroatoms. The van der Waals surface area contributed by atoms with Gasteiger partial charge in [-0.05, 0) is 11.6 Å². The molecule has 0 unspecified atom stereocenters. The normalized spacial score (nSPS) is 10.6. The van der Waals surface area contributed by atoms with Gasteiger partial charge < -0.3 is 16.2 Å². The number of hydrogen-bond acceptors (Lipinski definition) is 5. The van der Waals surface area contributed by atoms with Crippen molar-refractivity contribution in [1.29, 1.82) is 0 Å². The zero-order valence-corrected chi connectivity index (χ0v) is 9.24. The maximum Gasteiger partial charge on any atom is 0.310 e. The van der Waals surface area contributed by atoms with Crippen molar-refractivity contribution >= 4 is 11.7 Å². The van der Waals surface area contributed by atoms with Crippen LogP contribution in [0.5, 0.6) is 0 Å². The van der Waals surface area contributed by atoms with Crippen LogP contribution in [0.1, 0.15) is 23.4 Å². The van der Waals surface area contributed by atoms with E-state index in [-0.39, 0.29) is 29.9 Å². The summed E-state index contributed by atoms with van der Waals surface area (Å²) in [5.74, 6) is -0.564. The number of rotatable bonds is 4. The van der Waals surface area contributed by atoms with E-state index in [1.165, 1.54) is 7.11 Å². The number of methoxy groups -OCH3 is 1. The van der Waals surface area contributed by atoms with Crippen molar-refractivity contribution in [3.8, 4) is 0 Å². The summed E-state index contributed by atoms with van der Waals surface area (Å²) in [7, 11) is 1.21. The molecule has 4 N–H and O–H groups in total. The first-order chi connectivity index (χ1) is 7.99. The van der Waals surface area contributed by atoms with Gasteiger partial charge in [-0.1, -0.05) is 0 Å². The molecule has 0 aliphatic carbocycles. The number of carbonyl (C=O) groups is 1. The van der Waals surface area contributed by atoms with E-state index in [0.717, 1.165) is 6.07 Å². The summed E-state index contributed by atoms with van der Waals surface area (Å²) in [5.41, 5.74) is 11.1. The first-order valence-electron chi connectivity index (χ1n) is 4.82. The zero-order valence-electron chi connectivity index (χ0n) is 9.24. The van der Waals surface area contributed by atoms with E-state index < -0.39 is 18.1 Å². The number of anilines is 1. The van der Waals surface area contributed by atoms with Crippen molar-refractivity contribution in [1.82, 2.24) is 4.98 Å². The third kappa shape index (κ3) is 3.10. The molecule has 17 heavy (non-hydrogen) atoms. The fourth-order valence-electron chi connectivity index (χ4n) is 1.33. The Morgan fingerprint density at radius 3 is 2.71 bits per heavy atom. The highest BCUT2D eigenvalue weighted by molar-refractivity contribution is 5.75. The largest absolute Gasteiger partial charge is 0.469 e. The Hall–Kier alpha value is -1.76. The Kier molecular flexibility index (Phi) is 4.33. The number of aromatic nitrogens is 1. The second kappa shape index (κ2) is 5.53. The van der Waals surface area contributed by atoms with E-state index >= 15 is 0 Å². The standard InChI is InChI=1S/C10H13F2N3O2/c1-17-8(16)3-5-2-6(10(11)12)15-7(4-13)9(5)14/h2,10H,3-4,13-14H2,1H3. The van der Waals surface area contributed by atoms with Crippen molar-refractivity contribution in [2.45, 2.75) is 19.4 Å². The van der Waals surface area contributed by atoms with Gasteiger partial charge in [0.15, 0.2) is 0 Å². The van der Waals surface area contributed by atoms with Gasteiger partial charge in [0.1, 0.15) is 5.69 Å². The van der Waals surface area contributed by atoms with Crippen molar-refractivity contribution < 1.29 is 18.3 Å². The van der Waals surface area contributed by atoms with Gasteiger partial charge in [-0.3, -0.25) is 4.79 Å². The van der Waals surface area contributed by atoms with Crippen LogP contribution in [0.4, 0.5) is 14.5 Å². The van der Waals surface area contributed by atoms with Gasteiger partial charge in [-0.15, -0.1) is 0 Å². The molecule has 1 aromatic rings. The summed E-state index contributed by atoms with van der Waals surface area (Å²) in [5, 5.41) is 0. The minimum atomic E-state index is -2.74. The Morgan fingerprint density at radius 2 is 2.24 bits per heavy atom. The highest BCUT2D eigenvalue weighted by Gasteiger charge is 2.17. The molecule has 0 bridgehead atoms. The van der Waals surface area contributed by atoms with Crippen molar-refractivity contribution in [2.75, 3.05) is 12.8 Å². The lowest BCUT2D eigenvalue weighted by Crippen LogP contribution is -2.13. The molecule has 0 atom stereocenters. The van der Waals surface area contributed by atoms with Gasteiger partial charge in [0.2, 0.25) is 0 Å². The maximum absolute atomic E-state index is 12.6. The number of esters is 1. The number of hydrogen-bond donors (Lipinski definition) is 2. The Bertz CT molecular complexity index is 424. The number of pyridine rings is 1. The van der Waals surface area contributed by atoms with E-state index in [2.05, 4.69) is 9.72 Å². The van der Waals surface area contributed by atoms with Gasteiger partial charge in [-0.2, -0.15) is 0 Å². The smallest absolute Gasteiger partial charge is 0.310 e. The van der Waals surface area contributed by atoms with Crippen molar-refractivity contribution in [3.63, 3.8) is 0 Å². The van der Waals surface area contributed by atoms with Crippen LogP contribution < -0.4 is 11.5 Å². The lowest BCUT2D eigenvalue weighted by atomic mass is 10.1. The average Bonchev–Trinajstić information content (AvgIpc) is 2.31. The van der Waals surface area contributed by atoms with Gasteiger partial charge in [-0.25, -0.2) is 13.8 Å². The van der Waals surface area contributed by atoms with Crippen LogP contribution in [0, 0.1) is 0 Å². The lowest BCUT2D eigenvalue weighted by Gasteiger charge is -2.11. The van der Waals surface area contributed by atoms with Crippen LogP contribution >= 0.6 is 0 Å². The SMILES string of the molecule is COC(=O)Cc1cc(C(F)F)nc(CN)c1N. The molecular formula is C10H13F2N3O2. The van der Waals surface area contributed by atoms with E-state index in [9.17, 15) is 13.6 Å². The molecule has 0 spiro atoms. The molecule has 1 aromatic heterocycles. The molecule has 5 nitrogen and oxygen atoms in total. The minimum absolute atomic E-state index is 0.0689. The summed E-state index contributed by atoms with van der Waals surface area (Å²) < 4.78 is 29.6. The van der Waals surface area contributed by atoms with Gasteiger partial charge in [0, 0.05) is 6.54 Å². The molecule has 1 heterocycles. The lowest BCUT2D eigenvalue weighted by molar-refractivity contribution is -0.139. The van der Waals surface area contributed by atoms with E-state index in [0.29, 0.717) is 0 Å². The highest BCUT2D eigenvalue weighted by Crippen LogP contribution is 2.24. The second-order valence-corrected chi connectivity index (χ2v) is 3.32. The van der Waals surface area contributed by atoms with E-state index in [1.54, 1.807) is 0 Å². The number of nitrogens with two attached hydrogens (primary N) is 2. The molecule has 0 aromatic carbocycles. The monoisotopic (exact) mass is 245 g/mol. The Morgan fingerprint density at radius 1 is 1.59 bits per heavy atom. The van der Waals surface area contributed by atoms with Gasteiger partial charge in [0.05, 0.1) is 24.9 Å². The maximum atomic E-state index is 12.6. The van der Waals surface area contributed by atoms with Crippen LogP contribution in [-0.4, -0.2) is 18.1 Å². The molecule has 0 saturated heterocycles. The van der Waals surface area contributed by atoms with Crippen LogP contribution in [0.3, 0.4) is 0 Å². The van der Waals surface area contributed by atoms with Crippen molar-refractivity contribution in [2.24, 2.45) is 5.73 Å². The highest BCUT2D eigenvalue weighted by atomic mass is 19.3. The quantitative estimate of drug-likeness (QED) is 0.765. The van der Waals surface area contributed by atoms with Gasteiger partial charge >= 0.3 is 5.97 Å². The number of carbonyl (C=O) groups excluding carboxylic acids is 1. The summed E-state index contributed by atoms with van der Waals surface area (Å²) in [6.45, 7) is -0.0689. The van der Waals surface area contributed by atoms with Gasteiger partial charge in [0.25, 0.3) is 6.43 Å². The number of halogens is 2. The Labute approximate surface area is 96.8 Å². The first kappa shape index (κ1) is 13.3. The molecule has 94 valence electrons. The number of ether oxygens (including phenoxy) is 1. The minimum Gasteiger partial charge on any atom is -0.469 e. The zero-order chi connectivity index (χ0) is 13.0. The summed E-state index contributed by atoms with van der Waals surface area (Å²) in [6, 6.07) is 1.09. The molecule has 0 saturated carbocycles. The molecular weight excluding hydrogens is 232 g/mol. The second-order valence-electron chi connectivity index (χ2n) is 3.32. The van der Waals surface area contributed by atoms with Crippen LogP contribution in [0.15, 0.2) is 6.07 Å². The molecule has 1 rings (SSSR count). The number of nitrogen functional groups attached to an aromatic ring is 1. The molecule has 0 aliphatic rings. The molecule has 0 aliphatic heterocycles. The third-order valence-electron chi connectivity index (χ3n) is 2.22. The van der Waals surface area contributed by atoms with Crippen molar-refractivity contribution in [3.05, 3.63) is 23.0 Å². The molecule has 0 radical (unpaired) electrons. The van der Waals surface area contributed by atoms with Crippen LogP contribution in [-0.2, 0) is 22.5 Å². The Balaban J connectivity index is 3.17. The summed E-state index contributed by atoms with van der Waals surface area (Å²) >= 11 is 0. The third-order valence-corrected chi connectivity index (χ3v) is 2.22. The van der Waals surface area contributed by atoms with Crippen LogP contribution in [0.2, 0.25) is 0 Å². The van der Waals surface area contributed by atoms with E-state index in [1.807, 2.05) is 0 Å². The average molecular weight is 245 g/mol. The predicted octanol–water partition coefficient (Wildman–Crippen LogP) is 0.776. The van der Waals surface area contributed by atoms with E-state index in [4.69, 9.17) is 11.5 Å². The van der Waals surface area contributed by atoms with Crippen LogP contribution in [0.25, 0.3) is 0 Å². The molecule has 0 amide bonds. The number of alkyl halides is 2. The number of nitrogens with zero attached hydrogens (tertiary/aromatic N) is 1. The fourth-order valence-corrected chi connectivity index (χ4v) is 1.33. The first-order valence-corrected chi connectivity index (χ1v) is 4.82. The predicted molar refractivity (Wildman–Crippen MR) is 57.2 cm³/mol. The fraction of sp³-hybridized carbons (Fsp3) is 0.400. The molecule has 0 fully saturated rings. The summed E-state index contributed by atoms with van der Waals surface area (Å²) in [6.07, 6.45) is -2.92. The summed E-state index contributed by atoms with van der Waals surface area (Å²) in [4.78, 5) is 14.7. The topological polar surface area (TPSA) is 91.2 Å².